The summed E-state index contributed by atoms with van der Waals surface area (Å²) >= 11 is 0. The number of ether oxygens (including phenoxy) is 1. The van der Waals surface area contributed by atoms with Gasteiger partial charge in [0.15, 0.2) is 6.61 Å². The molecule has 0 heterocycles. The van der Waals surface area contributed by atoms with E-state index in [1.165, 1.54) is 0 Å². The zero-order chi connectivity index (χ0) is 11.3. The van der Waals surface area contributed by atoms with E-state index in [0.717, 1.165) is 5.56 Å². The molecule has 0 saturated heterocycles. The quantitative estimate of drug-likeness (QED) is 0.710. The zero-order valence-electron chi connectivity index (χ0n) is 8.19. The fraction of sp³-hybridized carbons (Fsp3) is 0.200. The van der Waals surface area contributed by atoms with Gasteiger partial charge in [0.05, 0.1) is 0 Å². The van der Waals surface area contributed by atoms with E-state index in [1.807, 2.05) is 0 Å². The van der Waals surface area contributed by atoms with Crippen molar-refractivity contribution in [3.63, 3.8) is 0 Å². The Morgan fingerprint density at radius 3 is 2.87 bits per heavy atom. The van der Waals surface area contributed by atoms with Crippen LogP contribution >= 0.6 is 0 Å². The first-order valence-electron chi connectivity index (χ1n) is 4.29. The molecule has 0 spiro atoms. The Labute approximate surface area is 86.7 Å². The molecule has 0 unspecified atom stereocenters. The SMILES string of the molecule is Cc1cc(OCC(=O)O)ccc1NC=O. The van der Waals surface area contributed by atoms with Crippen LogP contribution in [0.1, 0.15) is 5.56 Å². The summed E-state index contributed by atoms with van der Waals surface area (Å²) in [7, 11) is 0. The van der Waals surface area contributed by atoms with Crippen molar-refractivity contribution in [2.24, 2.45) is 0 Å². The number of carboxylic acid groups (broad SMARTS) is 1. The van der Waals surface area contributed by atoms with Gasteiger partial charge in [-0.1, -0.05) is 0 Å². The number of hydrogen-bond acceptors (Lipinski definition) is 3. The van der Waals surface area contributed by atoms with Gasteiger partial charge in [-0.3, -0.25) is 4.79 Å². The third kappa shape index (κ3) is 3.30. The molecule has 5 nitrogen and oxygen atoms in total. The number of amides is 1. The second kappa shape index (κ2) is 4.99. The maximum atomic E-state index is 10.2. The summed E-state index contributed by atoms with van der Waals surface area (Å²) in [6.07, 6.45) is 0.583. The first kappa shape index (κ1) is 11.0. The molecule has 0 atom stereocenters. The molecule has 80 valence electrons. The molecule has 15 heavy (non-hydrogen) atoms. The standard InChI is InChI=1S/C10H11NO4/c1-7-4-8(15-5-10(13)14)2-3-9(7)11-6-12/h2-4,6H,5H2,1H3,(H,11,12)(H,13,14). The number of carbonyl (C=O) groups excluding carboxylic acids is 1. The number of hydrogen-bond donors (Lipinski definition) is 2. The maximum absolute atomic E-state index is 10.2. The Balaban J connectivity index is 2.72. The molecule has 0 aromatic heterocycles. The molecule has 0 fully saturated rings. The van der Waals surface area contributed by atoms with E-state index in [2.05, 4.69) is 5.32 Å². The third-order valence-electron chi connectivity index (χ3n) is 1.77. The van der Waals surface area contributed by atoms with Crippen LogP contribution in [0.3, 0.4) is 0 Å². The monoisotopic (exact) mass is 209 g/mol. The number of carboxylic acids is 1. The predicted octanol–water partition coefficient (Wildman–Crippen LogP) is 1.03. The van der Waals surface area contributed by atoms with Gasteiger partial charge < -0.3 is 15.2 Å². The van der Waals surface area contributed by atoms with E-state index >= 15 is 0 Å². The molecule has 5 heteroatoms. The van der Waals surface area contributed by atoms with Crippen molar-refractivity contribution in [1.82, 2.24) is 0 Å². The zero-order valence-corrected chi connectivity index (χ0v) is 8.19. The molecule has 0 bridgehead atoms. The van der Waals surface area contributed by atoms with Crippen LogP contribution in [0.2, 0.25) is 0 Å². The minimum atomic E-state index is -1.03. The number of carbonyl (C=O) groups is 2. The summed E-state index contributed by atoms with van der Waals surface area (Å²) < 4.78 is 4.97. The fourth-order valence-corrected chi connectivity index (χ4v) is 1.10. The molecule has 0 aliphatic carbocycles. The van der Waals surface area contributed by atoms with Crippen LogP contribution in [-0.4, -0.2) is 24.1 Å². The topological polar surface area (TPSA) is 75.6 Å². The van der Waals surface area contributed by atoms with E-state index in [1.54, 1.807) is 25.1 Å². The highest BCUT2D eigenvalue weighted by molar-refractivity contribution is 5.73. The molecule has 0 radical (unpaired) electrons. The van der Waals surface area contributed by atoms with Crippen LogP contribution in [0, 0.1) is 6.92 Å². The first-order valence-corrected chi connectivity index (χ1v) is 4.29. The van der Waals surface area contributed by atoms with Gasteiger partial charge in [0, 0.05) is 5.69 Å². The molecular weight excluding hydrogens is 198 g/mol. The highest BCUT2D eigenvalue weighted by atomic mass is 16.5. The molecular formula is C10H11NO4. The second-order valence-electron chi connectivity index (χ2n) is 2.92. The highest BCUT2D eigenvalue weighted by Crippen LogP contribution is 2.20. The largest absolute Gasteiger partial charge is 0.482 e. The average molecular weight is 209 g/mol. The fourth-order valence-electron chi connectivity index (χ4n) is 1.10. The van der Waals surface area contributed by atoms with Gasteiger partial charge >= 0.3 is 5.97 Å². The molecule has 1 amide bonds. The molecule has 0 saturated carbocycles. The molecule has 2 N–H and O–H groups in total. The molecule has 0 aliphatic heterocycles. The van der Waals surface area contributed by atoms with Crippen LogP contribution in [0.15, 0.2) is 18.2 Å². The van der Waals surface area contributed by atoms with Crippen molar-refractivity contribution in [3.05, 3.63) is 23.8 Å². The number of rotatable bonds is 5. The van der Waals surface area contributed by atoms with Crippen LogP contribution in [-0.2, 0) is 9.59 Å². The van der Waals surface area contributed by atoms with Crippen LogP contribution in [0.5, 0.6) is 5.75 Å². The summed E-state index contributed by atoms with van der Waals surface area (Å²) in [6, 6.07) is 4.91. The highest BCUT2D eigenvalue weighted by Gasteiger charge is 2.02. The van der Waals surface area contributed by atoms with E-state index in [4.69, 9.17) is 9.84 Å². The summed E-state index contributed by atoms with van der Waals surface area (Å²) in [5.41, 5.74) is 1.48. The van der Waals surface area contributed by atoms with Gasteiger partial charge in [-0.15, -0.1) is 0 Å². The number of anilines is 1. The van der Waals surface area contributed by atoms with Crippen molar-refractivity contribution in [1.29, 1.82) is 0 Å². The Morgan fingerprint density at radius 1 is 1.60 bits per heavy atom. The Morgan fingerprint density at radius 2 is 2.33 bits per heavy atom. The van der Waals surface area contributed by atoms with Crippen LogP contribution in [0.4, 0.5) is 5.69 Å². The third-order valence-corrected chi connectivity index (χ3v) is 1.77. The van der Waals surface area contributed by atoms with Gasteiger partial charge in [0.25, 0.3) is 0 Å². The minimum absolute atomic E-state index is 0.375. The summed E-state index contributed by atoms with van der Waals surface area (Å²) in [4.78, 5) is 20.4. The van der Waals surface area contributed by atoms with Crippen molar-refractivity contribution in [3.8, 4) is 5.75 Å². The Kier molecular flexibility index (Phi) is 3.68. The first-order chi connectivity index (χ1) is 7.13. The van der Waals surface area contributed by atoms with E-state index < -0.39 is 5.97 Å². The van der Waals surface area contributed by atoms with E-state index in [-0.39, 0.29) is 6.61 Å². The lowest BCUT2D eigenvalue weighted by atomic mass is 10.2. The van der Waals surface area contributed by atoms with Gasteiger partial charge in [0.1, 0.15) is 5.75 Å². The van der Waals surface area contributed by atoms with Crippen LogP contribution < -0.4 is 10.1 Å². The van der Waals surface area contributed by atoms with Gasteiger partial charge in [-0.2, -0.15) is 0 Å². The van der Waals surface area contributed by atoms with E-state index in [0.29, 0.717) is 17.8 Å². The smallest absolute Gasteiger partial charge is 0.341 e. The van der Waals surface area contributed by atoms with E-state index in [9.17, 15) is 9.59 Å². The lowest BCUT2D eigenvalue weighted by Crippen LogP contribution is -2.09. The van der Waals surface area contributed by atoms with Crippen molar-refractivity contribution >= 4 is 18.1 Å². The lowest BCUT2D eigenvalue weighted by Gasteiger charge is -2.07. The summed E-state index contributed by atoms with van der Waals surface area (Å²) in [5, 5.41) is 10.9. The molecule has 1 rings (SSSR count). The maximum Gasteiger partial charge on any atom is 0.341 e. The molecule has 1 aromatic carbocycles. The van der Waals surface area contributed by atoms with Crippen molar-refractivity contribution in [2.45, 2.75) is 6.92 Å². The number of nitrogens with one attached hydrogen (secondary N) is 1. The number of aryl methyl sites for hydroxylation is 1. The molecule has 0 aliphatic rings. The summed E-state index contributed by atoms with van der Waals surface area (Å²) in [6.45, 7) is 1.42. The Hall–Kier alpha value is -2.04. The second-order valence-corrected chi connectivity index (χ2v) is 2.92. The number of aliphatic carboxylic acids is 1. The minimum Gasteiger partial charge on any atom is -0.482 e. The predicted molar refractivity (Wildman–Crippen MR) is 54.0 cm³/mol. The van der Waals surface area contributed by atoms with Gasteiger partial charge in [-0.05, 0) is 30.7 Å². The van der Waals surface area contributed by atoms with Crippen molar-refractivity contribution < 1.29 is 19.4 Å². The normalized spacial score (nSPS) is 9.40. The Bertz CT molecular complexity index is 376. The number of benzene rings is 1. The van der Waals surface area contributed by atoms with Crippen molar-refractivity contribution in [2.75, 3.05) is 11.9 Å². The van der Waals surface area contributed by atoms with Crippen LogP contribution in [0.25, 0.3) is 0 Å². The lowest BCUT2D eigenvalue weighted by molar-refractivity contribution is -0.139. The van der Waals surface area contributed by atoms with Gasteiger partial charge in [0.2, 0.25) is 6.41 Å². The molecule has 1 aromatic rings. The summed E-state index contributed by atoms with van der Waals surface area (Å²) in [5.74, 6) is -0.561. The average Bonchev–Trinajstić information content (AvgIpc) is 2.19. The van der Waals surface area contributed by atoms with Gasteiger partial charge in [-0.25, -0.2) is 4.79 Å².